The van der Waals surface area contributed by atoms with Crippen LogP contribution in [0.5, 0.6) is 17.2 Å². The SMILES string of the molecule is C=CCOc1ccc(/C=C(\C#N)C(=O)Nc2ccc(OCc3ccc(C)cc3)cc2)cc1OC. The molecule has 1 N–H and O–H groups in total. The van der Waals surface area contributed by atoms with Crippen molar-refractivity contribution in [1.82, 2.24) is 0 Å². The molecule has 0 heterocycles. The fourth-order valence-corrected chi connectivity index (χ4v) is 3.04. The topological polar surface area (TPSA) is 80.6 Å². The first-order valence-electron chi connectivity index (χ1n) is 10.7. The van der Waals surface area contributed by atoms with E-state index in [-0.39, 0.29) is 5.57 Å². The average molecular weight is 455 g/mol. The van der Waals surface area contributed by atoms with Gasteiger partial charge in [-0.3, -0.25) is 4.79 Å². The van der Waals surface area contributed by atoms with Crippen LogP contribution in [0.3, 0.4) is 0 Å². The molecule has 0 unspecified atom stereocenters. The van der Waals surface area contributed by atoms with E-state index in [0.29, 0.717) is 41.7 Å². The molecule has 6 nitrogen and oxygen atoms in total. The summed E-state index contributed by atoms with van der Waals surface area (Å²) in [7, 11) is 1.52. The van der Waals surface area contributed by atoms with Gasteiger partial charge in [0.25, 0.3) is 5.91 Å². The molecule has 3 rings (SSSR count). The Balaban J connectivity index is 1.64. The number of carbonyl (C=O) groups excluding carboxylic acids is 1. The van der Waals surface area contributed by atoms with Gasteiger partial charge in [-0.25, -0.2) is 0 Å². The standard InChI is InChI=1S/C28H26N2O4/c1-4-15-33-26-14-9-22(17-27(26)32-3)16-23(18-29)28(31)30-24-10-12-25(13-11-24)34-19-21-7-5-20(2)6-8-21/h4-14,16-17H,1,15,19H2,2-3H3,(H,30,31)/b23-16+. The van der Waals surface area contributed by atoms with Crippen LogP contribution in [0.15, 0.2) is 85.0 Å². The van der Waals surface area contributed by atoms with Gasteiger partial charge in [-0.15, -0.1) is 0 Å². The Morgan fingerprint density at radius 3 is 2.41 bits per heavy atom. The first kappa shape index (κ1) is 24.1. The van der Waals surface area contributed by atoms with E-state index in [9.17, 15) is 10.1 Å². The number of anilines is 1. The van der Waals surface area contributed by atoms with Gasteiger partial charge in [0, 0.05) is 5.69 Å². The Kier molecular flexibility index (Phi) is 8.48. The van der Waals surface area contributed by atoms with E-state index in [0.717, 1.165) is 5.56 Å². The molecule has 34 heavy (non-hydrogen) atoms. The predicted molar refractivity (Wildman–Crippen MR) is 133 cm³/mol. The minimum atomic E-state index is -0.512. The van der Waals surface area contributed by atoms with Crippen molar-refractivity contribution < 1.29 is 19.0 Å². The third-order valence-corrected chi connectivity index (χ3v) is 4.86. The van der Waals surface area contributed by atoms with Gasteiger partial charge < -0.3 is 19.5 Å². The molecule has 0 fully saturated rings. The molecule has 1 amide bonds. The number of nitriles is 1. The average Bonchev–Trinajstić information content (AvgIpc) is 2.86. The second-order valence-electron chi connectivity index (χ2n) is 7.43. The first-order valence-corrected chi connectivity index (χ1v) is 10.7. The van der Waals surface area contributed by atoms with Gasteiger partial charge in [-0.05, 0) is 60.5 Å². The Bertz CT molecular complexity index is 1210. The van der Waals surface area contributed by atoms with Gasteiger partial charge in [-0.1, -0.05) is 48.6 Å². The van der Waals surface area contributed by atoms with E-state index in [2.05, 4.69) is 11.9 Å². The normalized spacial score (nSPS) is 10.7. The number of hydrogen-bond acceptors (Lipinski definition) is 5. The van der Waals surface area contributed by atoms with Crippen molar-refractivity contribution in [2.24, 2.45) is 0 Å². The van der Waals surface area contributed by atoms with Crippen LogP contribution in [-0.2, 0) is 11.4 Å². The fraction of sp³-hybridized carbons (Fsp3) is 0.143. The second kappa shape index (κ2) is 11.9. The lowest BCUT2D eigenvalue weighted by molar-refractivity contribution is -0.112. The molecule has 0 saturated carbocycles. The number of rotatable bonds is 10. The molecule has 0 saturated heterocycles. The van der Waals surface area contributed by atoms with Gasteiger partial charge in [0.1, 0.15) is 30.6 Å². The van der Waals surface area contributed by atoms with E-state index in [1.807, 2.05) is 37.3 Å². The smallest absolute Gasteiger partial charge is 0.266 e. The van der Waals surface area contributed by atoms with Crippen LogP contribution in [0, 0.1) is 18.3 Å². The van der Waals surface area contributed by atoms with E-state index in [4.69, 9.17) is 14.2 Å². The molecule has 0 aliphatic rings. The minimum Gasteiger partial charge on any atom is -0.493 e. The minimum absolute atomic E-state index is 0.0403. The van der Waals surface area contributed by atoms with Crippen LogP contribution in [-0.4, -0.2) is 19.6 Å². The van der Waals surface area contributed by atoms with E-state index >= 15 is 0 Å². The Labute approximate surface area is 199 Å². The number of ether oxygens (including phenoxy) is 3. The second-order valence-corrected chi connectivity index (χ2v) is 7.43. The zero-order valence-corrected chi connectivity index (χ0v) is 19.2. The number of nitrogens with zero attached hydrogens (tertiary/aromatic N) is 1. The lowest BCUT2D eigenvalue weighted by Crippen LogP contribution is -2.13. The lowest BCUT2D eigenvalue weighted by Gasteiger charge is -2.10. The van der Waals surface area contributed by atoms with Crippen LogP contribution in [0.2, 0.25) is 0 Å². The summed E-state index contributed by atoms with van der Waals surface area (Å²) in [5.74, 6) is 1.21. The summed E-state index contributed by atoms with van der Waals surface area (Å²) in [6.45, 7) is 6.45. The number of hydrogen-bond donors (Lipinski definition) is 1. The van der Waals surface area contributed by atoms with E-state index < -0.39 is 5.91 Å². The van der Waals surface area contributed by atoms with Crippen molar-refractivity contribution in [3.8, 4) is 23.3 Å². The number of benzene rings is 3. The summed E-state index contributed by atoms with van der Waals surface area (Å²) in [6.07, 6.45) is 3.13. The van der Waals surface area contributed by atoms with Crippen molar-refractivity contribution in [2.75, 3.05) is 19.0 Å². The summed E-state index contributed by atoms with van der Waals surface area (Å²) in [5.41, 5.74) is 3.42. The summed E-state index contributed by atoms with van der Waals surface area (Å²) < 4.78 is 16.7. The van der Waals surface area contributed by atoms with Crippen molar-refractivity contribution in [3.05, 3.63) is 102 Å². The number of nitrogens with one attached hydrogen (secondary N) is 1. The largest absolute Gasteiger partial charge is 0.493 e. The number of aryl methyl sites for hydroxylation is 1. The number of carbonyl (C=O) groups is 1. The highest BCUT2D eigenvalue weighted by Gasteiger charge is 2.11. The molecule has 3 aromatic rings. The molecule has 0 aliphatic heterocycles. The molecule has 0 atom stereocenters. The van der Waals surface area contributed by atoms with Gasteiger partial charge in [-0.2, -0.15) is 5.26 Å². The zero-order chi connectivity index (χ0) is 24.3. The highest BCUT2D eigenvalue weighted by Crippen LogP contribution is 2.29. The molecule has 3 aromatic carbocycles. The summed E-state index contributed by atoms with van der Waals surface area (Å²) in [5, 5.41) is 12.2. The monoisotopic (exact) mass is 454 g/mol. The van der Waals surface area contributed by atoms with Crippen LogP contribution in [0.1, 0.15) is 16.7 Å². The molecule has 0 aromatic heterocycles. The summed E-state index contributed by atoms with van der Waals surface area (Å²) in [6, 6.07) is 22.2. The number of amides is 1. The maximum Gasteiger partial charge on any atom is 0.266 e. The maximum atomic E-state index is 12.6. The Morgan fingerprint density at radius 1 is 1.03 bits per heavy atom. The van der Waals surface area contributed by atoms with Crippen molar-refractivity contribution in [1.29, 1.82) is 5.26 Å². The predicted octanol–water partition coefficient (Wildman–Crippen LogP) is 5.69. The van der Waals surface area contributed by atoms with Crippen molar-refractivity contribution in [2.45, 2.75) is 13.5 Å². The molecule has 0 radical (unpaired) electrons. The molecule has 0 aliphatic carbocycles. The molecule has 0 bridgehead atoms. The van der Waals surface area contributed by atoms with Crippen molar-refractivity contribution in [3.63, 3.8) is 0 Å². The van der Waals surface area contributed by atoms with Crippen molar-refractivity contribution >= 4 is 17.7 Å². The van der Waals surface area contributed by atoms with Gasteiger partial charge >= 0.3 is 0 Å². The third-order valence-electron chi connectivity index (χ3n) is 4.86. The van der Waals surface area contributed by atoms with E-state index in [1.165, 1.54) is 18.7 Å². The molecular weight excluding hydrogens is 428 g/mol. The van der Waals surface area contributed by atoms with Crippen LogP contribution in [0.25, 0.3) is 6.08 Å². The van der Waals surface area contributed by atoms with Crippen LogP contribution in [0.4, 0.5) is 5.69 Å². The molecule has 6 heteroatoms. The third kappa shape index (κ3) is 6.75. The number of methoxy groups -OCH3 is 1. The van der Waals surface area contributed by atoms with Gasteiger partial charge in [0.05, 0.1) is 7.11 Å². The zero-order valence-electron chi connectivity index (χ0n) is 19.2. The van der Waals surface area contributed by atoms with Gasteiger partial charge in [0.15, 0.2) is 11.5 Å². The van der Waals surface area contributed by atoms with Crippen LogP contribution < -0.4 is 19.5 Å². The quantitative estimate of drug-likeness (QED) is 0.242. The lowest BCUT2D eigenvalue weighted by atomic mass is 10.1. The fourth-order valence-electron chi connectivity index (χ4n) is 3.04. The molecule has 0 spiro atoms. The molecular formula is C28H26N2O4. The molecule has 172 valence electrons. The Hall–Kier alpha value is -4.50. The maximum absolute atomic E-state index is 12.6. The first-order chi connectivity index (χ1) is 16.5. The summed E-state index contributed by atoms with van der Waals surface area (Å²) in [4.78, 5) is 12.6. The summed E-state index contributed by atoms with van der Waals surface area (Å²) >= 11 is 0. The highest BCUT2D eigenvalue weighted by atomic mass is 16.5. The Morgan fingerprint density at radius 2 is 1.76 bits per heavy atom. The van der Waals surface area contributed by atoms with Crippen LogP contribution >= 0.6 is 0 Å². The van der Waals surface area contributed by atoms with E-state index in [1.54, 1.807) is 48.5 Å². The van der Waals surface area contributed by atoms with Gasteiger partial charge in [0.2, 0.25) is 0 Å². The highest BCUT2D eigenvalue weighted by molar-refractivity contribution is 6.09.